The van der Waals surface area contributed by atoms with E-state index in [4.69, 9.17) is 5.14 Å². The monoisotopic (exact) mass is 446 g/mol. The molecule has 140 valence electrons. The number of fused-ring (bicyclic) bond motifs is 1. The molecule has 27 heavy (non-hydrogen) atoms. The molecule has 2 heterocycles. The third-order valence-corrected chi connectivity index (χ3v) is 6.43. The lowest BCUT2D eigenvalue weighted by atomic mass is 10.1. The van der Waals surface area contributed by atoms with Crippen LogP contribution in [0.1, 0.15) is 0 Å². The molecular weight excluding hydrogens is 428 g/mol. The number of primary sulfonamides is 1. The number of nitrogens with zero attached hydrogens (tertiary/aromatic N) is 3. The maximum Gasteiger partial charge on any atom is 0.240 e. The van der Waals surface area contributed by atoms with E-state index in [1.54, 1.807) is 12.1 Å². The number of benzene rings is 2. The normalized spacial score (nSPS) is 15.3. The molecule has 1 aromatic heterocycles. The summed E-state index contributed by atoms with van der Waals surface area (Å²) in [6.07, 6.45) is 1.82. The number of para-hydroxylation sites is 2. The third-order valence-electron chi connectivity index (χ3n) is 4.83. The van der Waals surface area contributed by atoms with Gasteiger partial charge in [-0.3, -0.25) is 4.98 Å². The highest BCUT2D eigenvalue weighted by Crippen LogP contribution is 2.31. The molecule has 1 fully saturated rings. The van der Waals surface area contributed by atoms with Crippen LogP contribution in [0.4, 0.5) is 11.4 Å². The van der Waals surface area contributed by atoms with E-state index in [1.807, 2.05) is 36.5 Å². The van der Waals surface area contributed by atoms with Gasteiger partial charge in [-0.25, -0.2) is 13.6 Å². The molecule has 0 amide bonds. The van der Waals surface area contributed by atoms with Gasteiger partial charge in [0, 0.05) is 47.9 Å². The summed E-state index contributed by atoms with van der Waals surface area (Å²) >= 11 is 3.56. The van der Waals surface area contributed by atoms with E-state index in [2.05, 4.69) is 36.8 Å². The summed E-state index contributed by atoms with van der Waals surface area (Å²) in [5.41, 5.74) is 2.75. The van der Waals surface area contributed by atoms with E-state index < -0.39 is 10.0 Å². The first-order valence-corrected chi connectivity index (χ1v) is 10.9. The molecule has 1 aliphatic heterocycles. The van der Waals surface area contributed by atoms with Crippen LogP contribution < -0.4 is 14.9 Å². The van der Waals surface area contributed by atoms with E-state index in [-0.39, 0.29) is 4.90 Å². The first-order chi connectivity index (χ1) is 12.9. The number of anilines is 2. The summed E-state index contributed by atoms with van der Waals surface area (Å²) in [6, 6.07) is 15.0. The minimum atomic E-state index is -3.75. The molecule has 1 aliphatic rings. The lowest BCUT2D eigenvalue weighted by Crippen LogP contribution is -2.47. The summed E-state index contributed by atoms with van der Waals surface area (Å²) < 4.78 is 24.8. The molecule has 2 N–H and O–H groups in total. The number of piperazine rings is 1. The van der Waals surface area contributed by atoms with E-state index in [0.29, 0.717) is 18.8 Å². The Labute approximate surface area is 166 Å². The van der Waals surface area contributed by atoms with Crippen molar-refractivity contribution < 1.29 is 8.42 Å². The van der Waals surface area contributed by atoms with Gasteiger partial charge in [-0.1, -0.05) is 24.3 Å². The Bertz CT molecular complexity index is 1100. The number of halogens is 1. The molecular formula is C19H19BrN4O2S. The highest BCUT2D eigenvalue weighted by Gasteiger charge is 2.23. The van der Waals surface area contributed by atoms with Gasteiger partial charge in [0.25, 0.3) is 0 Å². The van der Waals surface area contributed by atoms with Crippen molar-refractivity contribution in [1.82, 2.24) is 4.98 Å². The van der Waals surface area contributed by atoms with Crippen molar-refractivity contribution in [2.75, 3.05) is 36.0 Å². The van der Waals surface area contributed by atoms with Gasteiger partial charge in [-0.2, -0.15) is 0 Å². The van der Waals surface area contributed by atoms with Crippen molar-refractivity contribution in [3.05, 3.63) is 59.2 Å². The number of hydrogen-bond acceptors (Lipinski definition) is 5. The van der Waals surface area contributed by atoms with E-state index in [1.165, 1.54) is 0 Å². The Kier molecular flexibility index (Phi) is 4.79. The quantitative estimate of drug-likeness (QED) is 0.668. The maximum atomic E-state index is 11.9. The summed E-state index contributed by atoms with van der Waals surface area (Å²) in [4.78, 5) is 9.04. The van der Waals surface area contributed by atoms with Crippen molar-refractivity contribution in [1.29, 1.82) is 0 Å². The van der Waals surface area contributed by atoms with Crippen LogP contribution in [0.25, 0.3) is 10.9 Å². The average Bonchev–Trinajstić information content (AvgIpc) is 2.67. The van der Waals surface area contributed by atoms with Crippen molar-refractivity contribution in [2.45, 2.75) is 4.90 Å². The summed E-state index contributed by atoms with van der Waals surface area (Å²) in [5.74, 6) is 0. The van der Waals surface area contributed by atoms with Crippen LogP contribution in [-0.2, 0) is 10.0 Å². The smallest absolute Gasteiger partial charge is 0.240 e. The Hall–Kier alpha value is -2.16. The molecule has 8 heteroatoms. The zero-order valence-electron chi connectivity index (χ0n) is 14.5. The summed E-state index contributed by atoms with van der Waals surface area (Å²) in [7, 11) is -3.75. The SMILES string of the molecule is NS(=O)(=O)c1ccccc1N1CCN(c2ccnc3c(Br)cccc23)CC1. The van der Waals surface area contributed by atoms with Gasteiger partial charge in [0.15, 0.2) is 0 Å². The Morgan fingerprint density at radius 1 is 0.889 bits per heavy atom. The molecule has 0 aliphatic carbocycles. The fourth-order valence-corrected chi connectivity index (χ4v) is 4.77. The second-order valence-corrected chi connectivity index (χ2v) is 8.84. The average molecular weight is 447 g/mol. The molecule has 3 aromatic rings. The first-order valence-electron chi connectivity index (χ1n) is 8.60. The zero-order valence-corrected chi connectivity index (χ0v) is 16.9. The number of rotatable bonds is 3. The third kappa shape index (κ3) is 3.52. The minimum absolute atomic E-state index is 0.178. The highest BCUT2D eigenvalue weighted by atomic mass is 79.9. The number of hydrogen-bond donors (Lipinski definition) is 1. The van der Waals surface area contributed by atoms with Crippen LogP contribution in [0, 0.1) is 0 Å². The van der Waals surface area contributed by atoms with Gasteiger partial charge < -0.3 is 9.80 Å². The summed E-state index contributed by atoms with van der Waals surface area (Å²) in [6.45, 7) is 2.99. The van der Waals surface area contributed by atoms with Crippen LogP contribution >= 0.6 is 15.9 Å². The minimum Gasteiger partial charge on any atom is -0.367 e. The fourth-order valence-electron chi connectivity index (χ4n) is 3.55. The molecule has 2 aromatic carbocycles. The molecule has 0 bridgehead atoms. The van der Waals surface area contributed by atoms with Crippen molar-refractivity contribution in [3.63, 3.8) is 0 Å². The van der Waals surface area contributed by atoms with Crippen molar-refractivity contribution in [2.24, 2.45) is 5.14 Å². The standard InChI is InChI=1S/C19H19BrN4O2S/c20-15-5-3-4-14-16(8-9-22-19(14)15)23-10-12-24(13-11-23)17-6-1-2-7-18(17)27(21,25)26/h1-9H,10-13H2,(H2,21,25,26). The number of pyridine rings is 1. The predicted octanol–water partition coefficient (Wildman–Crippen LogP) is 2.97. The Morgan fingerprint density at radius 3 is 2.26 bits per heavy atom. The van der Waals surface area contributed by atoms with Gasteiger partial charge in [0.2, 0.25) is 10.0 Å². The van der Waals surface area contributed by atoms with Crippen LogP contribution in [0.15, 0.2) is 64.1 Å². The molecule has 1 saturated heterocycles. The van der Waals surface area contributed by atoms with Gasteiger partial charge in [0.1, 0.15) is 4.90 Å². The summed E-state index contributed by atoms with van der Waals surface area (Å²) in [5, 5.41) is 6.48. The largest absolute Gasteiger partial charge is 0.367 e. The van der Waals surface area contributed by atoms with Gasteiger partial charge in [-0.05, 0) is 40.2 Å². The van der Waals surface area contributed by atoms with Crippen LogP contribution in [0.2, 0.25) is 0 Å². The lowest BCUT2D eigenvalue weighted by molar-refractivity contribution is 0.595. The topological polar surface area (TPSA) is 79.5 Å². The van der Waals surface area contributed by atoms with Gasteiger partial charge in [-0.15, -0.1) is 0 Å². The number of nitrogens with two attached hydrogens (primary N) is 1. The van der Waals surface area contributed by atoms with E-state index in [0.717, 1.165) is 34.2 Å². The highest BCUT2D eigenvalue weighted by molar-refractivity contribution is 9.10. The number of aromatic nitrogens is 1. The second kappa shape index (κ2) is 7.10. The molecule has 0 unspecified atom stereocenters. The van der Waals surface area contributed by atoms with E-state index in [9.17, 15) is 8.42 Å². The van der Waals surface area contributed by atoms with Crippen LogP contribution in [0.3, 0.4) is 0 Å². The molecule has 0 atom stereocenters. The molecule has 6 nitrogen and oxygen atoms in total. The van der Waals surface area contributed by atoms with Crippen molar-refractivity contribution >= 4 is 48.2 Å². The second-order valence-electron chi connectivity index (χ2n) is 6.45. The maximum absolute atomic E-state index is 11.9. The predicted molar refractivity (Wildman–Crippen MR) is 112 cm³/mol. The molecule has 0 saturated carbocycles. The zero-order chi connectivity index (χ0) is 19.0. The molecule has 0 spiro atoms. The van der Waals surface area contributed by atoms with Crippen LogP contribution in [0.5, 0.6) is 0 Å². The Morgan fingerprint density at radius 2 is 1.56 bits per heavy atom. The molecule has 0 radical (unpaired) electrons. The van der Waals surface area contributed by atoms with Crippen LogP contribution in [-0.4, -0.2) is 39.6 Å². The first kappa shape index (κ1) is 18.2. The van der Waals surface area contributed by atoms with Gasteiger partial charge >= 0.3 is 0 Å². The fraction of sp³-hybridized carbons (Fsp3) is 0.211. The van der Waals surface area contributed by atoms with E-state index >= 15 is 0 Å². The van der Waals surface area contributed by atoms with Crippen molar-refractivity contribution in [3.8, 4) is 0 Å². The van der Waals surface area contributed by atoms with Gasteiger partial charge in [0.05, 0.1) is 11.2 Å². The Balaban J connectivity index is 1.60. The lowest BCUT2D eigenvalue weighted by Gasteiger charge is -2.38. The molecule has 4 rings (SSSR count). The number of sulfonamides is 1.